The molecule has 0 bridgehead atoms. The van der Waals surface area contributed by atoms with Crippen LogP contribution in [0.3, 0.4) is 0 Å². The van der Waals surface area contributed by atoms with Crippen molar-refractivity contribution in [2.24, 2.45) is 5.92 Å². The van der Waals surface area contributed by atoms with Crippen LogP contribution >= 0.6 is 0 Å². The number of hydrogen-bond acceptors (Lipinski definition) is 1. The molecule has 1 heterocycles. The maximum atomic E-state index is 3.64. The van der Waals surface area contributed by atoms with Crippen molar-refractivity contribution in [3.05, 3.63) is 29.3 Å². The molecule has 0 radical (unpaired) electrons. The summed E-state index contributed by atoms with van der Waals surface area (Å²) in [4.78, 5) is 0. The smallest absolute Gasteiger partial charge is 0.0377 e. The number of anilines is 1. The minimum atomic E-state index is 0.657. The van der Waals surface area contributed by atoms with Crippen molar-refractivity contribution >= 4 is 5.69 Å². The zero-order valence-corrected chi connectivity index (χ0v) is 9.30. The van der Waals surface area contributed by atoms with Crippen LogP contribution in [-0.4, -0.2) is 6.04 Å². The minimum absolute atomic E-state index is 0.657. The molecule has 0 aromatic heterocycles. The molecule has 1 unspecified atom stereocenters. The Labute approximate surface area is 86.5 Å². The van der Waals surface area contributed by atoms with Gasteiger partial charge in [0.2, 0.25) is 0 Å². The second-order valence-electron chi connectivity index (χ2n) is 4.69. The summed E-state index contributed by atoms with van der Waals surface area (Å²) in [6.07, 6.45) is 2.50. The normalized spacial score (nSPS) is 20.4. The summed E-state index contributed by atoms with van der Waals surface area (Å²) in [5.74, 6) is 0.726. The molecular formula is C13H19N. The highest BCUT2D eigenvalue weighted by atomic mass is 14.9. The van der Waals surface area contributed by atoms with Crippen molar-refractivity contribution in [1.82, 2.24) is 0 Å². The Morgan fingerprint density at radius 2 is 2.14 bits per heavy atom. The van der Waals surface area contributed by atoms with Gasteiger partial charge in [0.25, 0.3) is 0 Å². The van der Waals surface area contributed by atoms with Crippen molar-refractivity contribution in [1.29, 1.82) is 0 Å². The summed E-state index contributed by atoms with van der Waals surface area (Å²) in [7, 11) is 0. The molecule has 1 aromatic rings. The zero-order chi connectivity index (χ0) is 10.1. The van der Waals surface area contributed by atoms with Crippen molar-refractivity contribution in [3.63, 3.8) is 0 Å². The Morgan fingerprint density at radius 3 is 2.86 bits per heavy atom. The van der Waals surface area contributed by atoms with E-state index in [4.69, 9.17) is 0 Å². The molecule has 1 heteroatoms. The van der Waals surface area contributed by atoms with Gasteiger partial charge in [-0.05, 0) is 42.9 Å². The number of fused-ring (bicyclic) bond motifs is 1. The molecule has 2 rings (SSSR count). The monoisotopic (exact) mass is 189 g/mol. The standard InChI is InChI=1S/C13H19N/c1-9(2)12-7-6-11-5-4-10(3)8-13(11)14-12/h4-5,8-9,12,14H,6-7H2,1-3H3. The topological polar surface area (TPSA) is 12.0 Å². The van der Waals surface area contributed by atoms with Gasteiger partial charge in [0, 0.05) is 11.7 Å². The van der Waals surface area contributed by atoms with Gasteiger partial charge in [0.15, 0.2) is 0 Å². The minimum Gasteiger partial charge on any atom is -0.382 e. The van der Waals surface area contributed by atoms with E-state index in [1.807, 2.05) is 0 Å². The summed E-state index contributed by atoms with van der Waals surface area (Å²) in [6, 6.07) is 7.39. The zero-order valence-electron chi connectivity index (χ0n) is 9.30. The number of benzene rings is 1. The van der Waals surface area contributed by atoms with Crippen LogP contribution in [0.1, 0.15) is 31.4 Å². The molecule has 0 aliphatic carbocycles. The molecule has 0 saturated carbocycles. The highest BCUT2D eigenvalue weighted by Crippen LogP contribution is 2.28. The van der Waals surface area contributed by atoms with E-state index in [1.54, 1.807) is 0 Å². The van der Waals surface area contributed by atoms with Crippen LogP contribution in [0, 0.1) is 12.8 Å². The van der Waals surface area contributed by atoms with Crippen molar-refractivity contribution in [2.75, 3.05) is 5.32 Å². The van der Waals surface area contributed by atoms with E-state index in [1.165, 1.54) is 29.7 Å². The Morgan fingerprint density at radius 1 is 1.36 bits per heavy atom. The van der Waals surface area contributed by atoms with E-state index in [9.17, 15) is 0 Å². The first kappa shape index (κ1) is 9.57. The van der Waals surface area contributed by atoms with Crippen molar-refractivity contribution in [2.45, 2.75) is 39.7 Å². The number of aryl methyl sites for hydroxylation is 2. The lowest BCUT2D eigenvalue weighted by Gasteiger charge is -2.30. The Hall–Kier alpha value is -0.980. The fourth-order valence-corrected chi connectivity index (χ4v) is 2.13. The molecule has 14 heavy (non-hydrogen) atoms. The van der Waals surface area contributed by atoms with Gasteiger partial charge in [-0.2, -0.15) is 0 Å². The maximum Gasteiger partial charge on any atom is 0.0377 e. The third kappa shape index (κ3) is 1.77. The van der Waals surface area contributed by atoms with Crippen molar-refractivity contribution in [3.8, 4) is 0 Å². The van der Waals surface area contributed by atoms with Crippen LogP contribution in [-0.2, 0) is 6.42 Å². The first-order valence-corrected chi connectivity index (χ1v) is 5.53. The van der Waals surface area contributed by atoms with Gasteiger partial charge in [-0.3, -0.25) is 0 Å². The maximum absolute atomic E-state index is 3.64. The third-order valence-corrected chi connectivity index (χ3v) is 3.14. The number of nitrogens with one attached hydrogen (secondary N) is 1. The van der Waals surface area contributed by atoms with Crippen LogP contribution in [0.4, 0.5) is 5.69 Å². The van der Waals surface area contributed by atoms with Gasteiger partial charge in [-0.15, -0.1) is 0 Å². The quantitative estimate of drug-likeness (QED) is 0.714. The van der Waals surface area contributed by atoms with E-state index >= 15 is 0 Å². The lowest BCUT2D eigenvalue weighted by molar-refractivity contribution is 0.483. The molecule has 1 N–H and O–H groups in total. The predicted octanol–water partition coefficient (Wildman–Crippen LogP) is 3.38. The Balaban J connectivity index is 2.24. The fraction of sp³-hybridized carbons (Fsp3) is 0.538. The SMILES string of the molecule is Cc1ccc2c(c1)NC(C(C)C)CC2. The van der Waals surface area contributed by atoms with Crippen molar-refractivity contribution < 1.29 is 0 Å². The van der Waals surface area contributed by atoms with E-state index in [0.29, 0.717) is 6.04 Å². The van der Waals surface area contributed by atoms with Crippen LogP contribution in [0.2, 0.25) is 0 Å². The summed E-state index contributed by atoms with van der Waals surface area (Å²) >= 11 is 0. The summed E-state index contributed by atoms with van der Waals surface area (Å²) in [6.45, 7) is 6.73. The molecule has 1 nitrogen and oxygen atoms in total. The molecule has 1 atom stereocenters. The third-order valence-electron chi connectivity index (χ3n) is 3.14. The molecule has 0 fully saturated rings. The van der Waals surface area contributed by atoms with Gasteiger partial charge >= 0.3 is 0 Å². The van der Waals surface area contributed by atoms with E-state index in [-0.39, 0.29) is 0 Å². The summed E-state index contributed by atoms with van der Waals surface area (Å²) < 4.78 is 0. The predicted molar refractivity (Wildman–Crippen MR) is 61.7 cm³/mol. The first-order valence-electron chi connectivity index (χ1n) is 5.53. The highest BCUT2D eigenvalue weighted by Gasteiger charge is 2.19. The van der Waals surface area contributed by atoms with E-state index in [2.05, 4.69) is 44.3 Å². The van der Waals surface area contributed by atoms with E-state index < -0.39 is 0 Å². The second-order valence-corrected chi connectivity index (χ2v) is 4.69. The molecule has 0 saturated heterocycles. The van der Waals surface area contributed by atoms with E-state index in [0.717, 1.165) is 5.92 Å². The Kier molecular flexibility index (Phi) is 2.49. The number of rotatable bonds is 1. The summed E-state index contributed by atoms with van der Waals surface area (Å²) in [5, 5.41) is 3.64. The van der Waals surface area contributed by atoms with Crippen LogP contribution in [0.25, 0.3) is 0 Å². The molecular weight excluding hydrogens is 170 g/mol. The lowest BCUT2D eigenvalue weighted by atomic mass is 9.91. The fourth-order valence-electron chi connectivity index (χ4n) is 2.13. The lowest BCUT2D eigenvalue weighted by Crippen LogP contribution is -2.30. The van der Waals surface area contributed by atoms with Gasteiger partial charge in [0.05, 0.1) is 0 Å². The highest BCUT2D eigenvalue weighted by molar-refractivity contribution is 5.55. The molecule has 1 aliphatic rings. The molecule has 0 spiro atoms. The van der Waals surface area contributed by atoms with Crippen LogP contribution < -0.4 is 5.32 Å². The molecule has 1 aromatic carbocycles. The van der Waals surface area contributed by atoms with Gasteiger partial charge in [-0.25, -0.2) is 0 Å². The van der Waals surface area contributed by atoms with Crippen LogP contribution in [0.15, 0.2) is 18.2 Å². The van der Waals surface area contributed by atoms with Gasteiger partial charge in [-0.1, -0.05) is 26.0 Å². The second kappa shape index (κ2) is 3.64. The molecule has 1 aliphatic heterocycles. The van der Waals surface area contributed by atoms with Crippen LogP contribution in [0.5, 0.6) is 0 Å². The number of hydrogen-bond donors (Lipinski definition) is 1. The first-order chi connectivity index (χ1) is 6.66. The largest absolute Gasteiger partial charge is 0.382 e. The average molecular weight is 189 g/mol. The Bertz CT molecular complexity index is 328. The molecule has 76 valence electrons. The average Bonchev–Trinajstić information content (AvgIpc) is 2.16. The summed E-state index contributed by atoms with van der Waals surface area (Å²) in [5.41, 5.74) is 4.18. The van der Waals surface area contributed by atoms with Gasteiger partial charge in [0.1, 0.15) is 0 Å². The molecule has 0 amide bonds. The van der Waals surface area contributed by atoms with Gasteiger partial charge < -0.3 is 5.32 Å².